The Balaban J connectivity index is 1.56. The Morgan fingerprint density at radius 1 is 1.00 bits per heavy atom. The van der Waals surface area contributed by atoms with Gasteiger partial charge in [0, 0.05) is 32.9 Å². The van der Waals surface area contributed by atoms with Crippen molar-refractivity contribution in [2.75, 3.05) is 0 Å². The van der Waals surface area contributed by atoms with Crippen molar-refractivity contribution in [3.05, 3.63) is 70.3 Å². The number of nitrogens with zero attached hydrogens (tertiary/aromatic N) is 3. The van der Waals surface area contributed by atoms with Gasteiger partial charge in [0.1, 0.15) is 0 Å². The standard InChI is InChI=1S/C18H11Cl2N3OS/c19-13-4-1-3-11(9-13)17-22-23-18(24-17)25-10-12-6-7-15(20)14-5-2-8-21-16(12)14/h1-9H,10H2. The molecule has 0 fully saturated rings. The zero-order valence-corrected chi connectivity index (χ0v) is 15.1. The molecule has 0 aliphatic carbocycles. The van der Waals surface area contributed by atoms with E-state index in [1.165, 1.54) is 11.8 Å². The van der Waals surface area contributed by atoms with Crippen LogP contribution < -0.4 is 0 Å². The summed E-state index contributed by atoms with van der Waals surface area (Å²) in [5, 5.41) is 10.9. The Hall–Kier alpha value is -2.08. The van der Waals surface area contributed by atoms with Crippen LogP contribution in [0, 0.1) is 0 Å². The summed E-state index contributed by atoms with van der Waals surface area (Å²) in [6, 6.07) is 15.0. The molecular weight excluding hydrogens is 377 g/mol. The third-order valence-electron chi connectivity index (χ3n) is 3.63. The fourth-order valence-electron chi connectivity index (χ4n) is 2.46. The van der Waals surface area contributed by atoms with Gasteiger partial charge < -0.3 is 4.42 Å². The summed E-state index contributed by atoms with van der Waals surface area (Å²) in [6.07, 6.45) is 1.76. The van der Waals surface area contributed by atoms with Crippen LogP contribution in [-0.4, -0.2) is 15.2 Å². The quantitative estimate of drug-likeness (QED) is 0.409. The molecule has 25 heavy (non-hydrogen) atoms. The molecule has 0 bridgehead atoms. The molecule has 2 aromatic carbocycles. The maximum Gasteiger partial charge on any atom is 0.277 e. The van der Waals surface area contributed by atoms with E-state index in [4.69, 9.17) is 27.6 Å². The Morgan fingerprint density at radius 2 is 1.92 bits per heavy atom. The first-order valence-electron chi connectivity index (χ1n) is 7.45. The van der Waals surface area contributed by atoms with Crippen molar-refractivity contribution in [3.8, 4) is 11.5 Å². The van der Waals surface area contributed by atoms with Crippen molar-refractivity contribution in [2.24, 2.45) is 0 Å². The minimum atomic E-state index is 0.448. The van der Waals surface area contributed by atoms with Gasteiger partial charge in [0.05, 0.1) is 5.52 Å². The van der Waals surface area contributed by atoms with Gasteiger partial charge in [-0.1, -0.05) is 47.1 Å². The largest absolute Gasteiger partial charge is 0.411 e. The van der Waals surface area contributed by atoms with E-state index in [0.717, 1.165) is 22.0 Å². The lowest BCUT2D eigenvalue weighted by molar-refractivity contribution is 0.466. The predicted molar refractivity (Wildman–Crippen MR) is 101 cm³/mol. The third kappa shape index (κ3) is 3.49. The van der Waals surface area contributed by atoms with Crippen LogP contribution in [0.3, 0.4) is 0 Å². The van der Waals surface area contributed by atoms with E-state index in [0.29, 0.717) is 26.9 Å². The monoisotopic (exact) mass is 387 g/mol. The Bertz CT molecular complexity index is 1050. The normalized spacial score (nSPS) is 11.1. The van der Waals surface area contributed by atoms with Crippen LogP contribution in [0.1, 0.15) is 5.56 Å². The van der Waals surface area contributed by atoms with Gasteiger partial charge in [0.15, 0.2) is 0 Å². The van der Waals surface area contributed by atoms with E-state index in [-0.39, 0.29) is 0 Å². The summed E-state index contributed by atoms with van der Waals surface area (Å²) in [7, 11) is 0. The van der Waals surface area contributed by atoms with Crippen LogP contribution in [0.25, 0.3) is 22.4 Å². The molecule has 2 heterocycles. The minimum absolute atomic E-state index is 0.448. The van der Waals surface area contributed by atoms with Crippen LogP contribution in [0.2, 0.25) is 10.0 Å². The van der Waals surface area contributed by atoms with Gasteiger partial charge in [-0.3, -0.25) is 4.98 Å². The third-order valence-corrected chi connectivity index (χ3v) is 5.06. The highest BCUT2D eigenvalue weighted by molar-refractivity contribution is 7.98. The first-order chi connectivity index (χ1) is 12.2. The number of hydrogen-bond acceptors (Lipinski definition) is 5. The van der Waals surface area contributed by atoms with E-state index < -0.39 is 0 Å². The lowest BCUT2D eigenvalue weighted by Gasteiger charge is -2.05. The molecule has 4 nitrogen and oxygen atoms in total. The predicted octanol–water partition coefficient (Wildman–Crippen LogP) is 5.88. The highest BCUT2D eigenvalue weighted by Crippen LogP contribution is 2.31. The van der Waals surface area contributed by atoms with E-state index >= 15 is 0 Å². The van der Waals surface area contributed by atoms with Crippen LogP contribution in [0.4, 0.5) is 0 Å². The summed E-state index contributed by atoms with van der Waals surface area (Å²) in [4.78, 5) is 4.44. The highest BCUT2D eigenvalue weighted by Gasteiger charge is 2.11. The minimum Gasteiger partial charge on any atom is -0.411 e. The molecule has 0 amide bonds. The van der Waals surface area contributed by atoms with Crippen molar-refractivity contribution in [3.63, 3.8) is 0 Å². The Kier molecular flexibility index (Phi) is 4.61. The first kappa shape index (κ1) is 16.4. The molecule has 0 atom stereocenters. The molecule has 4 aromatic rings. The molecular formula is C18H11Cl2N3OS. The van der Waals surface area contributed by atoms with E-state index in [1.807, 2.05) is 36.4 Å². The summed E-state index contributed by atoms with van der Waals surface area (Å²) in [5.41, 5.74) is 2.75. The maximum atomic E-state index is 6.23. The first-order valence-corrected chi connectivity index (χ1v) is 9.19. The Morgan fingerprint density at radius 3 is 2.80 bits per heavy atom. The molecule has 0 spiro atoms. The molecule has 0 unspecified atom stereocenters. The zero-order chi connectivity index (χ0) is 17.2. The number of halogens is 2. The molecule has 4 rings (SSSR count). The van der Waals surface area contributed by atoms with Crippen LogP contribution in [0.5, 0.6) is 0 Å². The van der Waals surface area contributed by atoms with Crippen molar-refractivity contribution in [1.82, 2.24) is 15.2 Å². The van der Waals surface area contributed by atoms with E-state index in [9.17, 15) is 0 Å². The van der Waals surface area contributed by atoms with Crippen LogP contribution in [-0.2, 0) is 5.75 Å². The molecule has 124 valence electrons. The molecule has 0 saturated heterocycles. The smallest absolute Gasteiger partial charge is 0.277 e. The summed E-state index contributed by atoms with van der Waals surface area (Å²) in [5.74, 6) is 1.10. The maximum absolute atomic E-state index is 6.23. The molecule has 0 N–H and O–H groups in total. The molecule has 0 radical (unpaired) electrons. The van der Waals surface area contributed by atoms with Crippen molar-refractivity contribution in [1.29, 1.82) is 0 Å². The fraction of sp³-hybridized carbons (Fsp3) is 0.0556. The molecule has 0 saturated carbocycles. The second-order valence-corrected chi connectivity index (χ2v) is 7.05. The summed E-state index contributed by atoms with van der Waals surface area (Å²) in [6.45, 7) is 0. The average molecular weight is 388 g/mol. The van der Waals surface area contributed by atoms with E-state index in [1.54, 1.807) is 18.3 Å². The summed E-state index contributed by atoms with van der Waals surface area (Å²) < 4.78 is 5.72. The second kappa shape index (κ2) is 7.04. The number of fused-ring (bicyclic) bond motifs is 1. The molecule has 2 aromatic heterocycles. The lowest BCUT2D eigenvalue weighted by Crippen LogP contribution is -1.88. The Labute approximate surface area is 158 Å². The SMILES string of the molecule is Clc1cccc(-c2nnc(SCc3ccc(Cl)c4cccnc34)o2)c1. The molecule has 7 heteroatoms. The van der Waals surface area contributed by atoms with Crippen molar-refractivity contribution in [2.45, 2.75) is 11.0 Å². The van der Waals surface area contributed by atoms with Gasteiger partial charge in [0.2, 0.25) is 5.89 Å². The van der Waals surface area contributed by atoms with Gasteiger partial charge >= 0.3 is 0 Å². The van der Waals surface area contributed by atoms with E-state index in [2.05, 4.69) is 15.2 Å². The fourth-order valence-corrected chi connectivity index (χ4v) is 3.61. The number of hydrogen-bond donors (Lipinski definition) is 0. The number of aromatic nitrogens is 3. The lowest BCUT2D eigenvalue weighted by atomic mass is 10.1. The molecule has 0 aliphatic heterocycles. The van der Waals surface area contributed by atoms with Gasteiger partial charge in [-0.05, 0) is 42.0 Å². The number of rotatable bonds is 4. The zero-order valence-electron chi connectivity index (χ0n) is 12.8. The molecule has 0 aliphatic rings. The summed E-state index contributed by atoms with van der Waals surface area (Å²) >= 11 is 13.7. The van der Waals surface area contributed by atoms with Crippen LogP contribution in [0.15, 0.2) is 64.4 Å². The van der Waals surface area contributed by atoms with Gasteiger partial charge in [0.25, 0.3) is 5.22 Å². The second-order valence-electron chi connectivity index (χ2n) is 5.28. The van der Waals surface area contributed by atoms with Crippen LogP contribution >= 0.6 is 35.0 Å². The van der Waals surface area contributed by atoms with Crippen molar-refractivity contribution >= 4 is 45.9 Å². The number of benzene rings is 2. The number of thioether (sulfide) groups is 1. The highest BCUT2D eigenvalue weighted by atomic mass is 35.5. The van der Waals surface area contributed by atoms with Gasteiger partial charge in [-0.25, -0.2) is 0 Å². The van der Waals surface area contributed by atoms with Gasteiger partial charge in [-0.15, -0.1) is 10.2 Å². The average Bonchev–Trinajstić information content (AvgIpc) is 3.11. The topological polar surface area (TPSA) is 51.8 Å². The van der Waals surface area contributed by atoms with Crippen molar-refractivity contribution < 1.29 is 4.42 Å². The number of pyridine rings is 1. The van der Waals surface area contributed by atoms with Gasteiger partial charge in [-0.2, -0.15) is 0 Å².